The van der Waals surface area contributed by atoms with Gasteiger partial charge >= 0.3 is 0 Å². The van der Waals surface area contributed by atoms with Gasteiger partial charge in [-0.05, 0) is 20.3 Å². The number of amides is 1. The molecule has 3 N–H and O–H groups in total. The van der Waals surface area contributed by atoms with Gasteiger partial charge in [-0.1, -0.05) is 6.92 Å². The molecule has 100 valence electrons. The summed E-state index contributed by atoms with van der Waals surface area (Å²) in [5, 5.41) is 8.88. The maximum atomic E-state index is 11.4. The van der Waals surface area contributed by atoms with Crippen LogP contribution in [0.15, 0.2) is 12.4 Å². The van der Waals surface area contributed by atoms with Gasteiger partial charge in [0.1, 0.15) is 11.6 Å². The molecule has 1 aromatic heterocycles. The van der Waals surface area contributed by atoms with Gasteiger partial charge in [0, 0.05) is 12.6 Å². The minimum absolute atomic E-state index is 0.0567. The Labute approximate surface area is 108 Å². The van der Waals surface area contributed by atoms with Crippen LogP contribution in [0.2, 0.25) is 0 Å². The zero-order valence-corrected chi connectivity index (χ0v) is 11.2. The molecule has 6 heteroatoms. The van der Waals surface area contributed by atoms with E-state index >= 15 is 0 Å². The average molecular weight is 251 g/mol. The van der Waals surface area contributed by atoms with Gasteiger partial charge in [0.2, 0.25) is 5.91 Å². The van der Waals surface area contributed by atoms with E-state index in [9.17, 15) is 4.79 Å². The van der Waals surface area contributed by atoms with E-state index in [0.717, 1.165) is 13.0 Å². The lowest BCUT2D eigenvalue weighted by atomic mass is 10.4. The third kappa shape index (κ3) is 5.47. The summed E-state index contributed by atoms with van der Waals surface area (Å²) < 4.78 is 0. The highest BCUT2D eigenvalue weighted by atomic mass is 16.1. The lowest BCUT2D eigenvalue weighted by molar-refractivity contribution is -0.119. The van der Waals surface area contributed by atoms with Crippen LogP contribution in [-0.4, -0.2) is 35.0 Å². The predicted octanol–water partition coefficient (Wildman–Crippen LogP) is 1.23. The molecule has 18 heavy (non-hydrogen) atoms. The van der Waals surface area contributed by atoms with E-state index in [0.29, 0.717) is 11.6 Å². The van der Waals surface area contributed by atoms with Crippen LogP contribution < -0.4 is 16.0 Å². The molecule has 0 aromatic carbocycles. The van der Waals surface area contributed by atoms with Gasteiger partial charge in [-0.25, -0.2) is 4.98 Å². The minimum Gasteiger partial charge on any atom is -0.369 e. The first-order chi connectivity index (χ1) is 8.61. The maximum absolute atomic E-state index is 11.4. The molecule has 6 nitrogen and oxygen atoms in total. The predicted molar refractivity (Wildman–Crippen MR) is 72.6 cm³/mol. The van der Waals surface area contributed by atoms with Crippen molar-refractivity contribution in [2.24, 2.45) is 0 Å². The van der Waals surface area contributed by atoms with Gasteiger partial charge in [-0.3, -0.25) is 9.78 Å². The van der Waals surface area contributed by atoms with Crippen molar-refractivity contribution in [3.8, 4) is 0 Å². The normalized spacial score (nSPS) is 10.2. The molecule has 0 spiro atoms. The molecule has 0 saturated carbocycles. The molecule has 0 aliphatic heterocycles. The molecule has 1 rings (SSSR count). The van der Waals surface area contributed by atoms with Gasteiger partial charge in [0.05, 0.1) is 18.9 Å². The second-order valence-corrected chi connectivity index (χ2v) is 4.29. The first-order valence-electron chi connectivity index (χ1n) is 6.21. The van der Waals surface area contributed by atoms with Crippen molar-refractivity contribution < 1.29 is 4.79 Å². The van der Waals surface area contributed by atoms with Crippen molar-refractivity contribution in [3.63, 3.8) is 0 Å². The molecule has 0 unspecified atom stereocenters. The number of carbonyl (C=O) groups is 1. The lowest BCUT2D eigenvalue weighted by Crippen LogP contribution is -2.35. The third-order valence-corrected chi connectivity index (χ3v) is 2.07. The molecule has 1 amide bonds. The molecule has 0 radical (unpaired) electrons. The van der Waals surface area contributed by atoms with Crippen molar-refractivity contribution in [2.75, 3.05) is 23.7 Å². The Morgan fingerprint density at radius 3 is 2.56 bits per heavy atom. The van der Waals surface area contributed by atoms with Crippen LogP contribution in [0.25, 0.3) is 0 Å². The van der Waals surface area contributed by atoms with Gasteiger partial charge in [0.15, 0.2) is 0 Å². The monoisotopic (exact) mass is 251 g/mol. The summed E-state index contributed by atoms with van der Waals surface area (Å²) in [6, 6.07) is 0.142. The van der Waals surface area contributed by atoms with Crippen LogP contribution in [-0.2, 0) is 4.79 Å². The number of aromatic nitrogens is 2. The van der Waals surface area contributed by atoms with Crippen LogP contribution in [0.5, 0.6) is 0 Å². The molecule has 1 aromatic rings. The fraction of sp³-hybridized carbons (Fsp3) is 0.583. The second-order valence-electron chi connectivity index (χ2n) is 4.29. The lowest BCUT2D eigenvalue weighted by Gasteiger charge is -2.10. The van der Waals surface area contributed by atoms with E-state index in [1.807, 2.05) is 13.8 Å². The van der Waals surface area contributed by atoms with Gasteiger partial charge in [0.25, 0.3) is 0 Å². The van der Waals surface area contributed by atoms with Crippen molar-refractivity contribution >= 4 is 17.5 Å². The SMILES string of the molecule is CCCNc1cncc(NCC(=O)NC(C)C)n1. The second kappa shape index (κ2) is 7.47. The fourth-order valence-electron chi connectivity index (χ4n) is 1.33. The Bertz CT molecular complexity index is 380. The molecule has 0 bridgehead atoms. The summed E-state index contributed by atoms with van der Waals surface area (Å²) >= 11 is 0. The van der Waals surface area contributed by atoms with Crippen LogP contribution in [0.4, 0.5) is 11.6 Å². The number of carbonyl (C=O) groups excluding carboxylic acids is 1. The van der Waals surface area contributed by atoms with E-state index in [1.54, 1.807) is 12.4 Å². The third-order valence-electron chi connectivity index (χ3n) is 2.07. The first kappa shape index (κ1) is 14.2. The fourth-order valence-corrected chi connectivity index (χ4v) is 1.33. The maximum Gasteiger partial charge on any atom is 0.239 e. The van der Waals surface area contributed by atoms with Gasteiger partial charge < -0.3 is 16.0 Å². The molecule has 0 aliphatic carbocycles. The molecule has 0 atom stereocenters. The Hall–Kier alpha value is -1.85. The van der Waals surface area contributed by atoms with Crippen LogP contribution in [0.1, 0.15) is 27.2 Å². The summed E-state index contributed by atoms with van der Waals surface area (Å²) in [6.45, 7) is 6.98. The number of hydrogen-bond donors (Lipinski definition) is 3. The average Bonchev–Trinajstić information content (AvgIpc) is 2.33. The largest absolute Gasteiger partial charge is 0.369 e. The van der Waals surface area contributed by atoms with Crippen molar-refractivity contribution in [3.05, 3.63) is 12.4 Å². The van der Waals surface area contributed by atoms with E-state index in [4.69, 9.17) is 0 Å². The molecular formula is C12H21N5O. The van der Waals surface area contributed by atoms with Gasteiger partial charge in [-0.2, -0.15) is 0 Å². The Morgan fingerprint density at radius 2 is 1.94 bits per heavy atom. The van der Waals surface area contributed by atoms with E-state index < -0.39 is 0 Å². The molecule has 0 aliphatic rings. The summed E-state index contributed by atoms with van der Waals surface area (Å²) in [6.07, 6.45) is 4.28. The summed E-state index contributed by atoms with van der Waals surface area (Å²) in [5.74, 6) is 1.25. The van der Waals surface area contributed by atoms with Crippen molar-refractivity contribution in [2.45, 2.75) is 33.2 Å². The summed E-state index contributed by atoms with van der Waals surface area (Å²) in [4.78, 5) is 19.8. The first-order valence-corrected chi connectivity index (χ1v) is 6.21. The molecular weight excluding hydrogens is 230 g/mol. The van der Waals surface area contributed by atoms with Crippen LogP contribution in [0.3, 0.4) is 0 Å². The van der Waals surface area contributed by atoms with Crippen LogP contribution >= 0.6 is 0 Å². The van der Waals surface area contributed by atoms with Crippen molar-refractivity contribution in [1.82, 2.24) is 15.3 Å². The standard InChI is InChI=1S/C12H21N5O/c1-4-5-14-10-6-13-7-11(17-10)15-8-12(18)16-9(2)3/h6-7,9H,4-5,8H2,1-3H3,(H,16,18)(H2,14,15,17). The summed E-state index contributed by atoms with van der Waals surface area (Å²) in [5.41, 5.74) is 0. The molecule has 0 fully saturated rings. The quantitative estimate of drug-likeness (QED) is 0.679. The van der Waals surface area contributed by atoms with Crippen molar-refractivity contribution in [1.29, 1.82) is 0 Å². The number of hydrogen-bond acceptors (Lipinski definition) is 5. The highest BCUT2D eigenvalue weighted by molar-refractivity contribution is 5.80. The Kier molecular flexibility index (Phi) is 5.90. The summed E-state index contributed by atoms with van der Waals surface area (Å²) in [7, 11) is 0. The minimum atomic E-state index is -0.0567. The molecule has 1 heterocycles. The topological polar surface area (TPSA) is 78.9 Å². The Morgan fingerprint density at radius 1 is 1.28 bits per heavy atom. The highest BCUT2D eigenvalue weighted by Crippen LogP contribution is 2.05. The van der Waals surface area contributed by atoms with E-state index in [1.165, 1.54) is 0 Å². The van der Waals surface area contributed by atoms with Gasteiger partial charge in [-0.15, -0.1) is 0 Å². The zero-order valence-electron chi connectivity index (χ0n) is 11.2. The van der Waals surface area contributed by atoms with Crippen LogP contribution in [0, 0.1) is 0 Å². The van der Waals surface area contributed by atoms with E-state index in [-0.39, 0.29) is 18.5 Å². The number of nitrogens with zero attached hydrogens (tertiary/aromatic N) is 2. The Balaban J connectivity index is 2.44. The number of nitrogens with one attached hydrogen (secondary N) is 3. The molecule has 0 saturated heterocycles. The highest BCUT2D eigenvalue weighted by Gasteiger charge is 2.04. The number of anilines is 2. The smallest absolute Gasteiger partial charge is 0.239 e. The number of rotatable bonds is 7. The van der Waals surface area contributed by atoms with E-state index in [2.05, 4.69) is 32.8 Å². The zero-order chi connectivity index (χ0) is 13.4.